The number of amides is 2. The van der Waals surface area contributed by atoms with Crippen LogP contribution in [0.5, 0.6) is 0 Å². The maximum atomic E-state index is 11.9. The Balaban J connectivity index is 1.53. The molecule has 8 heteroatoms. The number of aliphatic hydroxyl groups excluding tert-OH is 1. The first-order chi connectivity index (χ1) is 16.1. The van der Waals surface area contributed by atoms with Crippen LogP contribution in [0.1, 0.15) is 42.4 Å². The fourth-order valence-corrected chi connectivity index (χ4v) is 4.20. The van der Waals surface area contributed by atoms with Crippen LogP contribution >= 0.6 is 0 Å². The fraction of sp³-hybridized carbons (Fsp3) is 0.480. The van der Waals surface area contributed by atoms with Gasteiger partial charge in [0.2, 0.25) is 0 Å². The third-order valence-electron chi connectivity index (χ3n) is 5.93. The molecule has 2 aliphatic heterocycles. The monoisotopic (exact) mass is 455 g/mol. The van der Waals surface area contributed by atoms with E-state index >= 15 is 0 Å². The number of carbonyl (C=O) groups is 1. The molecule has 178 valence electrons. The largest absolute Gasteiger partial charge is 0.392 e. The summed E-state index contributed by atoms with van der Waals surface area (Å²) in [6.07, 6.45) is 0.0404. The second kappa shape index (κ2) is 11.6. The Morgan fingerprint density at radius 1 is 1.09 bits per heavy atom. The van der Waals surface area contributed by atoms with Gasteiger partial charge < -0.3 is 30.0 Å². The number of rotatable bonds is 7. The van der Waals surface area contributed by atoms with Crippen LogP contribution in [0.3, 0.4) is 0 Å². The second-order valence-electron chi connectivity index (χ2n) is 8.37. The van der Waals surface area contributed by atoms with Gasteiger partial charge in [0.15, 0.2) is 6.29 Å². The summed E-state index contributed by atoms with van der Waals surface area (Å²) in [7, 11) is 0. The first-order valence-electron chi connectivity index (χ1n) is 11.6. The van der Waals surface area contributed by atoms with Crippen molar-refractivity contribution >= 4 is 11.7 Å². The van der Waals surface area contributed by atoms with E-state index in [0.29, 0.717) is 12.2 Å². The Hall–Kier alpha value is -2.49. The summed E-state index contributed by atoms with van der Waals surface area (Å²) in [5, 5.41) is 15.0. The summed E-state index contributed by atoms with van der Waals surface area (Å²) in [6.45, 7) is 6.54. The number of hydrogen-bond donors (Lipinski definition) is 3. The molecule has 2 aliphatic rings. The van der Waals surface area contributed by atoms with Crippen molar-refractivity contribution in [2.45, 2.75) is 38.4 Å². The van der Waals surface area contributed by atoms with Crippen LogP contribution < -0.4 is 10.6 Å². The van der Waals surface area contributed by atoms with Crippen molar-refractivity contribution in [2.75, 3.05) is 44.7 Å². The summed E-state index contributed by atoms with van der Waals surface area (Å²) in [5.74, 6) is 0. The molecule has 3 atom stereocenters. The molecule has 3 N–H and O–H groups in total. The number of benzene rings is 2. The van der Waals surface area contributed by atoms with Gasteiger partial charge in [-0.05, 0) is 30.2 Å². The molecule has 0 spiro atoms. The van der Waals surface area contributed by atoms with Gasteiger partial charge in [0.1, 0.15) is 0 Å². The molecule has 0 bridgehead atoms. The number of hydrogen-bond acceptors (Lipinski definition) is 6. The number of anilines is 1. The van der Waals surface area contributed by atoms with Gasteiger partial charge in [0.25, 0.3) is 0 Å². The van der Waals surface area contributed by atoms with Crippen molar-refractivity contribution in [3.63, 3.8) is 0 Å². The minimum Gasteiger partial charge on any atom is -0.392 e. The SMILES string of the molecule is CCNC(=O)Nc1cccc([C@H]2O[C@@H](CN3CCOCC3)C[C@@H](c3ccc(CO)cc3)O2)c1. The van der Waals surface area contributed by atoms with Crippen molar-refractivity contribution < 1.29 is 24.1 Å². The van der Waals surface area contributed by atoms with Crippen molar-refractivity contribution in [2.24, 2.45) is 0 Å². The minimum absolute atomic E-state index is 0.00984. The molecule has 0 radical (unpaired) electrons. The highest BCUT2D eigenvalue weighted by molar-refractivity contribution is 5.89. The second-order valence-corrected chi connectivity index (χ2v) is 8.37. The Labute approximate surface area is 194 Å². The van der Waals surface area contributed by atoms with E-state index in [9.17, 15) is 9.90 Å². The average Bonchev–Trinajstić information content (AvgIpc) is 2.85. The molecule has 0 saturated carbocycles. The van der Waals surface area contributed by atoms with E-state index < -0.39 is 6.29 Å². The van der Waals surface area contributed by atoms with Crippen molar-refractivity contribution in [1.82, 2.24) is 10.2 Å². The fourth-order valence-electron chi connectivity index (χ4n) is 4.20. The van der Waals surface area contributed by atoms with E-state index in [2.05, 4.69) is 15.5 Å². The van der Waals surface area contributed by atoms with Crippen molar-refractivity contribution in [3.8, 4) is 0 Å². The zero-order chi connectivity index (χ0) is 23.0. The Morgan fingerprint density at radius 2 is 1.88 bits per heavy atom. The lowest BCUT2D eigenvalue weighted by Crippen LogP contribution is -2.44. The highest BCUT2D eigenvalue weighted by atomic mass is 16.7. The third kappa shape index (κ3) is 6.52. The van der Waals surface area contributed by atoms with Crippen LogP contribution in [-0.4, -0.2) is 61.5 Å². The molecule has 2 amide bonds. The number of nitrogens with one attached hydrogen (secondary N) is 2. The highest BCUT2D eigenvalue weighted by Gasteiger charge is 2.33. The lowest BCUT2D eigenvalue weighted by Gasteiger charge is -2.39. The van der Waals surface area contributed by atoms with Gasteiger partial charge in [0.05, 0.1) is 32.0 Å². The Bertz CT molecular complexity index is 901. The first-order valence-corrected chi connectivity index (χ1v) is 11.6. The minimum atomic E-state index is -0.553. The molecule has 2 aromatic rings. The number of urea groups is 1. The first kappa shape index (κ1) is 23.7. The van der Waals surface area contributed by atoms with Gasteiger partial charge >= 0.3 is 6.03 Å². The van der Waals surface area contributed by atoms with Gasteiger partial charge in [-0.25, -0.2) is 4.79 Å². The number of aliphatic hydroxyl groups is 1. The molecular weight excluding hydrogens is 422 g/mol. The molecule has 2 heterocycles. The van der Waals surface area contributed by atoms with Crippen molar-refractivity contribution in [1.29, 1.82) is 0 Å². The summed E-state index contributed by atoms with van der Waals surface area (Å²) < 4.78 is 18.3. The third-order valence-corrected chi connectivity index (χ3v) is 5.93. The summed E-state index contributed by atoms with van der Waals surface area (Å²) >= 11 is 0. The molecule has 33 heavy (non-hydrogen) atoms. The average molecular weight is 456 g/mol. The highest BCUT2D eigenvalue weighted by Crippen LogP contribution is 2.38. The predicted molar refractivity (Wildman–Crippen MR) is 125 cm³/mol. The molecule has 8 nitrogen and oxygen atoms in total. The lowest BCUT2D eigenvalue weighted by molar-refractivity contribution is -0.253. The zero-order valence-corrected chi connectivity index (χ0v) is 19.0. The predicted octanol–water partition coefficient (Wildman–Crippen LogP) is 3.20. The molecule has 2 saturated heterocycles. The van der Waals surface area contributed by atoms with Crippen LogP contribution in [0, 0.1) is 0 Å². The molecule has 2 fully saturated rings. The maximum absolute atomic E-state index is 11.9. The Morgan fingerprint density at radius 3 is 2.61 bits per heavy atom. The Kier molecular flexibility index (Phi) is 8.30. The smallest absolute Gasteiger partial charge is 0.319 e. The van der Waals surface area contributed by atoms with Crippen LogP contribution in [-0.2, 0) is 20.8 Å². The maximum Gasteiger partial charge on any atom is 0.319 e. The van der Waals surface area contributed by atoms with Gasteiger partial charge in [-0.2, -0.15) is 0 Å². The van der Waals surface area contributed by atoms with E-state index in [0.717, 1.165) is 56.0 Å². The molecule has 0 aromatic heterocycles. The van der Waals surface area contributed by atoms with Crippen LogP contribution in [0.2, 0.25) is 0 Å². The quantitative estimate of drug-likeness (QED) is 0.594. The normalized spacial score (nSPS) is 23.8. The molecule has 0 aliphatic carbocycles. The van der Waals surface area contributed by atoms with Crippen LogP contribution in [0.15, 0.2) is 48.5 Å². The number of nitrogens with zero attached hydrogens (tertiary/aromatic N) is 1. The molecular formula is C25H33N3O5. The molecule has 4 rings (SSSR count). The number of carbonyl (C=O) groups excluding carboxylic acids is 1. The van der Waals surface area contributed by atoms with Crippen LogP contribution in [0.4, 0.5) is 10.5 Å². The topological polar surface area (TPSA) is 92.3 Å². The van der Waals surface area contributed by atoms with Crippen molar-refractivity contribution in [3.05, 3.63) is 65.2 Å². The van der Waals surface area contributed by atoms with Gasteiger partial charge in [-0.15, -0.1) is 0 Å². The summed E-state index contributed by atoms with van der Waals surface area (Å²) in [5.41, 5.74) is 3.47. The van der Waals surface area contributed by atoms with E-state index in [-0.39, 0.29) is 24.8 Å². The van der Waals surface area contributed by atoms with E-state index in [1.54, 1.807) is 0 Å². The van der Waals surface area contributed by atoms with Gasteiger partial charge in [0, 0.05) is 43.9 Å². The van der Waals surface area contributed by atoms with Gasteiger partial charge in [-0.3, -0.25) is 4.90 Å². The number of morpholine rings is 1. The lowest BCUT2D eigenvalue weighted by atomic mass is 9.99. The van der Waals surface area contributed by atoms with E-state index in [1.165, 1.54) is 0 Å². The standard InChI is InChI=1S/C25H33N3O5/c1-2-26-25(30)27-21-5-3-4-20(14-21)24-32-22(16-28-10-12-31-13-11-28)15-23(33-24)19-8-6-18(17-29)7-9-19/h3-9,14,22-24,29H,2,10-13,15-17H2,1H3,(H2,26,27,30)/t22-,23+,24+/m1/s1. The molecule has 2 aromatic carbocycles. The van der Waals surface area contributed by atoms with E-state index in [4.69, 9.17) is 14.2 Å². The summed E-state index contributed by atoms with van der Waals surface area (Å²) in [4.78, 5) is 14.3. The van der Waals surface area contributed by atoms with E-state index in [1.807, 2.05) is 55.5 Å². The molecule has 0 unspecified atom stereocenters. The number of ether oxygens (including phenoxy) is 3. The van der Waals surface area contributed by atoms with Crippen LogP contribution in [0.25, 0.3) is 0 Å². The van der Waals surface area contributed by atoms with Gasteiger partial charge in [-0.1, -0.05) is 36.4 Å². The zero-order valence-electron chi connectivity index (χ0n) is 19.0. The summed E-state index contributed by atoms with van der Waals surface area (Å²) in [6, 6.07) is 15.2.